The van der Waals surface area contributed by atoms with Crippen LogP contribution in [0.2, 0.25) is 5.02 Å². The Morgan fingerprint density at radius 3 is 2.25 bits per heavy atom. The number of hydrogen-bond donors (Lipinski definition) is 1. The summed E-state index contributed by atoms with van der Waals surface area (Å²) < 4.78 is 33.8. The number of aromatic nitrogens is 3. The number of nitrogens with zero attached hydrogens (tertiary/aromatic N) is 4. The molecule has 0 radical (unpaired) electrons. The second kappa shape index (κ2) is 10.2. The maximum atomic E-state index is 12.8. The molecule has 9 nitrogen and oxygen atoms in total. The van der Waals surface area contributed by atoms with Crippen molar-refractivity contribution in [3.8, 4) is 16.9 Å². The minimum atomic E-state index is -3.59. The minimum Gasteiger partial charge on any atom is -0.379 e. The number of carbonyl (C=O) groups excluding carboxylic acids is 1. The molecule has 0 saturated carbocycles. The van der Waals surface area contributed by atoms with Crippen LogP contribution in [-0.4, -0.2) is 59.9 Å². The fourth-order valence-electron chi connectivity index (χ4n) is 3.85. The van der Waals surface area contributed by atoms with Gasteiger partial charge in [0.05, 0.1) is 35.7 Å². The van der Waals surface area contributed by atoms with Crippen molar-refractivity contribution in [3.63, 3.8) is 0 Å². The number of nitrogens with one attached hydrogen (secondary N) is 1. The van der Waals surface area contributed by atoms with Gasteiger partial charge in [-0.15, -0.1) is 5.10 Å². The molecule has 5 rings (SSSR count). The third-order valence-electron chi connectivity index (χ3n) is 5.78. The first kappa shape index (κ1) is 24.1. The molecule has 11 heteroatoms. The van der Waals surface area contributed by atoms with Crippen molar-refractivity contribution < 1.29 is 17.9 Å². The molecule has 0 bridgehead atoms. The third kappa shape index (κ3) is 5.02. The molecule has 1 fully saturated rings. The van der Waals surface area contributed by atoms with E-state index in [4.69, 9.17) is 16.3 Å². The maximum Gasteiger partial charge on any atom is 0.255 e. The average molecular weight is 524 g/mol. The molecule has 0 aliphatic carbocycles. The molecule has 3 aromatic carbocycles. The summed E-state index contributed by atoms with van der Waals surface area (Å²) >= 11 is 5.99. The van der Waals surface area contributed by atoms with Crippen LogP contribution in [0.25, 0.3) is 16.9 Å². The van der Waals surface area contributed by atoms with Crippen LogP contribution in [0.15, 0.2) is 83.9 Å². The number of rotatable bonds is 6. The summed E-state index contributed by atoms with van der Waals surface area (Å²) in [6.45, 7) is 1.41. The van der Waals surface area contributed by atoms with Gasteiger partial charge in [-0.25, -0.2) is 13.1 Å². The Hall–Kier alpha value is -3.57. The van der Waals surface area contributed by atoms with Crippen molar-refractivity contribution in [3.05, 3.63) is 89.6 Å². The van der Waals surface area contributed by atoms with E-state index in [2.05, 4.69) is 15.6 Å². The summed E-state index contributed by atoms with van der Waals surface area (Å²) in [5.74, 6) is -0.318. The zero-order valence-electron chi connectivity index (χ0n) is 19.0. The first-order chi connectivity index (χ1) is 17.4. The second-order valence-corrected chi connectivity index (χ2v) is 10.5. The van der Waals surface area contributed by atoms with Gasteiger partial charge in [-0.1, -0.05) is 28.9 Å². The molecule has 1 aliphatic heterocycles. The number of hydrogen-bond acceptors (Lipinski definition) is 6. The molecule has 0 spiro atoms. The number of anilines is 1. The number of ether oxygens (including phenoxy) is 1. The second-order valence-electron chi connectivity index (χ2n) is 8.08. The van der Waals surface area contributed by atoms with Gasteiger partial charge in [0.2, 0.25) is 10.0 Å². The van der Waals surface area contributed by atoms with E-state index in [-0.39, 0.29) is 10.8 Å². The predicted molar refractivity (Wildman–Crippen MR) is 136 cm³/mol. The minimum absolute atomic E-state index is 0.177. The highest BCUT2D eigenvalue weighted by molar-refractivity contribution is 7.89. The summed E-state index contributed by atoms with van der Waals surface area (Å²) in [5.41, 5.74) is 3.37. The Morgan fingerprint density at radius 2 is 1.58 bits per heavy atom. The molecule has 184 valence electrons. The summed E-state index contributed by atoms with van der Waals surface area (Å²) in [6, 6.07) is 20.4. The van der Waals surface area contributed by atoms with Gasteiger partial charge in [0, 0.05) is 34.9 Å². The summed E-state index contributed by atoms with van der Waals surface area (Å²) in [5, 5.41) is 11.6. The lowest BCUT2D eigenvalue weighted by molar-refractivity contribution is 0.0730. The summed E-state index contributed by atoms with van der Waals surface area (Å²) in [7, 11) is -3.59. The van der Waals surface area contributed by atoms with Crippen LogP contribution < -0.4 is 5.32 Å². The van der Waals surface area contributed by atoms with Gasteiger partial charge in [0.15, 0.2) is 0 Å². The molecule has 1 N–H and O–H groups in total. The lowest BCUT2D eigenvalue weighted by Gasteiger charge is -2.26. The fraction of sp³-hybridized carbons (Fsp3) is 0.160. The molecule has 2 heterocycles. The smallest absolute Gasteiger partial charge is 0.255 e. The number of amides is 1. The first-order valence-electron chi connectivity index (χ1n) is 11.2. The quantitative estimate of drug-likeness (QED) is 0.411. The topological polar surface area (TPSA) is 106 Å². The molecule has 1 aliphatic rings. The number of morpholine rings is 1. The molecule has 0 unspecified atom stereocenters. The van der Waals surface area contributed by atoms with Gasteiger partial charge in [0.25, 0.3) is 5.91 Å². The Balaban J connectivity index is 1.28. The van der Waals surface area contributed by atoms with Crippen LogP contribution in [0.4, 0.5) is 5.69 Å². The molecule has 1 saturated heterocycles. The van der Waals surface area contributed by atoms with Crippen LogP contribution in [-0.2, 0) is 14.8 Å². The van der Waals surface area contributed by atoms with E-state index < -0.39 is 10.0 Å². The van der Waals surface area contributed by atoms with E-state index in [0.717, 1.165) is 16.9 Å². The van der Waals surface area contributed by atoms with Gasteiger partial charge in [-0.2, -0.15) is 4.31 Å². The number of halogens is 1. The van der Waals surface area contributed by atoms with Crippen LogP contribution in [0.3, 0.4) is 0 Å². The Labute approximate surface area is 213 Å². The van der Waals surface area contributed by atoms with E-state index >= 15 is 0 Å². The molecular weight excluding hydrogens is 502 g/mol. The molecule has 4 aromatic rings. The SMILES string of the molecule is O=C(Nc1ccc(S(=O)(=O)N2CCOCC2)cc1)c1ccc(-n2nncc2-c2ccc(Cl)cc2)cc1. The van der Waals surface area contributed by atoms with E-state index in [1.165, 1.54) is 16.4 Å². The van der Waals surface area contributed by atoms with E-state index in [1.54, 1.807) is 59.4 Å². The normalized spacial score (nSPS) is 14.5. The van der Waals surface area contributed by atoms with Crippen LogP contribution in [0.5, 0.6) is 0 Å². The van der Waals surface area contributed by atoms with Crippen molar-refractivity contribution in [1.29, 1.82) is 0 Å². The van der Waals surface area contributed by atoms with Crippen LogP contribution in [0, 0.1) is 0 Å². The highest BCUT2D eigenvalue weighted by Gasteiger charge is 2.26. The van der Waals surface area contributed by atoms with Crippen molar-refractivity contribution in [1.82, 2.24) is 19.3 Å². The van der Waals surface area contributed by atoms with Crippen molar-refractivity contribution in [2.45, 2.75) is 4.90 Å². The summed E-state index contributed by atoms with van der Waals surface area (Å²) in [6.07, 6.45) is 1.66. The Bertz CT molecular complexity index is 1460. The largest absolute Gasteiger partial charge is 0.379 e. The predicted octanol–water partition coefficient (Wildman–Crippen LogP) is 3.86. The zero-order chi connectivity index (χ0) is 25.1. The number of benzene rings is 3. The summed E-state index contributed by atoms with van der Waals surface area (Å²) in [4.78, 5) is 12.9. The number of carbonyl (C=O) groups is 1. The Kier molecular flexibility index (Phi) is 6.84. The lowest BCUT2D eigenvalue weighted by Crippen LogP contribution is -2.40. The molecule has 1 aromatic heterocycles. The number of sulfonamides is 1. The van der Waals surface area contributed by atoms with Gasteiger partial charge in [-0.05, 0) is 60.7 Å². The maximum absolute atomic E-state index is 12.8. The monoisotopic (exact) mass is 523 g/mol. The zero-order valence-corrected chi connectivity index (χ0v) is 20.6. The molecule has 0 atom stereocenters. The first-order valence-corrected chi connectivity index (χ1v) is 13.0. The third-order valence-corrected chi connectivity index (χ3v) is 7.95. The lowest BCUT2D eigenvalue weighted by atomic mass is 10.1. The Morgan fingerprint density at radius 1 is 0.917 bits per heavy atom. The fourth-order valence-corrected chi connectivity index (χ4v) is 5.38. The van der Waals surface area contributed by atoms with Gasteiger partial charge >= 0.3 is 0 Å². The average Bonchev–Trinajstić information content (AvgIpc) is 3.40. The molecular formula is C25H22ClN5O4S. The molecule has 36 heavy (non-hydrogen) atoms. The van der Waals surface area contributed by atoms with Crippen molar-refractivity contribution >= 4 is 33.2 Å². The van der Waals surface area contributed by atoms with Crippen LogP contribution >= 0.6 is 11.6 Å². The van der Waals surface area contributed by atoms with Gasteiger partial charge < -0.3 is 10.1 Å². The van der Waals surface area contributed by atoms with E-state index in [0.29, 0.717) is 42.6 Å². The van der Waals surface area contributed by atoms with Crippen molar-refractivity contribution in [2.75, 3.05) is 31.6 Å². The van der Waals surface area contributed by atoms with E-state index in [9.17, 15) is 13.2 Å². The highest BCUT2D eigenvalue weighted by Crippen LogP contribution is 2.24. The van der Waals surface area contributed by atoms with Gasteiger partial charge in [-0.3, -0.25) is 4.79 Å². The van der Waals surface area contributed by atoms with Gasteiger partial charge in [0.1, 0.15) is 0 Å². The standard InChI is InChI=1S/C25H22ClN5O4S/c26-20-5-1-18(2-6-20)24-17-27-29-31(24)22-9-3-19(4-10-22)25(32)28-21-7-11-23(12-8-21)36(33,34)30-13-15-35-16-14-30/h1-12,17H,13-16H2,(H,28,32). The highest BCUT2D eigenvalue weighted by atomic mass is 35.5. The van der Waals surface area contributed by atoms with Crippen molar-refractivity contribution in [2.24, 2.45) is 0 Å². The van der Waals surface area contributed by atoms with Crippen LogP contribution in [0.1, 0.15) is 10.4 Å². The van der Waals surface area contributed by atoms with E-state index in [1.807, 2.05) is 12.1 Å². The molecule has 1 amide bonds.